The third kappa shape index (κ3) is 6.59. The predicted molar refractivity (Wildman–Crippen MR) is 131 cm³/mol. The Balaban J connectivity index is 3.41. The van der Waals surface area contributed by atoms with Crippen LogP contribution in [0.3, 0.4) is 0 Å². The zero-order valence-corrected chi connectivity index (χ0v) is 24.7. The van der Waals surface area contributed by atoms with Gasteiger partial charge < -0.3 is 13.3 Å². The van der Waals surface area contributed by atoms with Gasteiger partial charge in [0.2, 0.25) is 0 Å². The summed E-state index contributed by atoms with van der Waals surface area (Å²) >= 11 is 0. The molecule has 0 heterocycles. The van der Waals surface area contributed by atoms with Crippen molar-refractivity contribution in [1.82, 2.24) is 0 Å². The van der Waals surface area contributed by atoms with E-state index in [0.717, 1.165) is 0 Å². The smallest absolute Gasteiger partial charge is 0.192 e. The van der Waals surface area contributed by atoms with Gasteiger partial charge in [-0.05, 0) is 62.8 Å². The lowest BCUT2D eigenvalue weighted by molar-refractivity contribution is -0.154. The number of hydrogen-bond donors (Lipinski definition) is 0. The van der Waals surface area contributed by atoms with Crippen LogP contribution in [0.25, 0.3) is 0 Å². The summed E-state index contributed by atoms with van der Waals surface area (Å²) < 4.78 is 20.6. The topological polar surface area (TPSA) is 44.8 Å². The molecule has 1 saturated carbocycles. The Labute approximate surface area is 183 Å². The lowest BCUT2D eigenvalue weighted by atomic mass is 9.80. The molecule has 172 valence electrons. The largest absolute Gasteiger partial charge is 0.410 e. The summed E-state index contributed by atoms with van der Waals surface area (Å²) in [5, 5.41) is 0.146. The molecule has 0 aromatic carbocycles. The molecule has 0 radical (unpaired) electrons. The first kappa shape index (κ1) is 27.2. The molecular weight excluding hydrogens is 412 g/mol. The quantitative estimate of drug-likeness (QED) is 0.412. The first-order valence-electron chi connectivity index (χ1n) is 11.1. The van der Waals surface area contributed by atoms with E-state index in [4.69, 9.17) is 13.3 Å². The molecule has 1 aliphatic carbocycles. The lowest BCUT2D eigenvalue weighted by Crippen LogP contribution is -2.66. The van der Waals surface area contributed by atoms with Crippen molar-refractivity contribution in [2.75, 3.05) is 0 Å². The van der Waals surface area contributed by atoms with Crippen LogP contribution in [-0.2, 0) is 18.1 Å². The van der Waals surface area contributed by atoms with E-state index in [2.05, 4.69) is 94.3 Å². The highest BCUT2D eigenvalue weighted by atomic mass is 28.4. The third-order valence-electron chi connectivity index (χ3n) is 7.12. The minimum atomic E-state index is -2.07. The van der Waals surface area contributed by atoms with Gasteiger partial charge in [-0.2, -0.15) is 0 Å². The fourth-order valence-electron chi connectivity index (χ4n) is 3.28. The monoisotopic (exact) mass is 460 g/mol. The standard InChI is InChI=1S/C22H48O4Si3/c1-20(2,3)28(11,12)24-18-15-17(23)16-19(22(18,7)26-27(8,9)10)25-29(13,14)21(4,5)6/h18-19H,15-16H2,1-14H3/t18-,19+,22?. The molecule has 1 unspecified atom stereocenters. The van der Waals surface area contributed by atoms with Crippen molar-refractivity contribution in [3.05, 3.63) is 0 Å². The second-order valence-corrected chi connectivity index (χ2v) is 27.0. The molecule has 0 saturated heterocycles. The van der Waals surface area contributed by atoms with Gasteiger partial charge in [0.05, 0.1) is 12.2 Å². The van der Waals surface area contributed by atoms with Crippen molar-refractivity contribution >= 4 is 30.7 Å². The maximum Gasteiger partial charge on any atom is 0.192 e. The zero-order valence-electron chi connectivity index (χ0n) is 21.7. The Morgan fingerprint density at radius 3 is 1.31 bits per heavy atom. The van der Waals surface area contributed by atoms with Crippen LogP contribution in [0.1, 0.15) is 61.3 Å². The van der Waals surface area contributed by atoms with Crippen LogP contribution in [0.5, 0.6) is 0 Å². The van der Waals surface area contributed by atoms with E-state index in [1.807, 2.05) is 0 Å². The molecule has 1 aliphatic rings. The van der Waals surface area contributed by atoms with Crippen LogP contribution in [-0.4, -0.2) is 48.5 Å². The lowest BCUT2D eigenvalue weighted by Gasteiger charge is -2.54. The minimum Gasteiger partial charge on any atom is -0.410 e. The van der Waals surface area contributed by atoms with Gasteiger partial charge in [0, 0.05) is 12.8 Å². The maximum absolute atomic E-state index is 12.8. The fourth-order valence-corrected chi connectivity index (χ4v) is 7.63. The molecule has 7 heteroatoms. The van der Waals surface area contributed by atoms with Gasteiger partial charge in [-0.15, -0.1) is 0 Å². The van der Waals surface area contributed by atoms with Crippen molar-refractivity contribution < 1.29 is 18.1 Å². The highest BCUT2D eigenvalue weighted by molar-refractivity contribution is 6.74. The molecule has 0 bridgehead atoms. The van der Waals surface area contributed by atoms with Crippen molar-refractivity contribution in [2.45, 2.75) is 135 Å². The highest BCUT2D eigenvalue weighted by Gasteiger charge is 2.56. The number of carbonyl (C=O) groups excluding carboxylic acids is 1. The van der Waals surface area contributed by atoms with Crippen molar-refractivity contribution in [3.8, 4) is 0 Å². The van der Waals surface area contributed by atoms with E-state index in [0.29, 0.717) is 12.8 Å². The first-order chi connectivity index (χ1) is 12.5. The number of hydrogen-bond acceptors (Lipinski definition) is 4. The highest BCUT2D eigenvalue weighted by Crippen LogP contribution is 2.46. The van der Waals surface area contributed by atoms with Gasteiger partial charge in [0.25, 0.3) is 0 Å². The van der Waals surface area contributed by atoms with E-state index < -0.39 is 30.6 Å². The molecule has 0 N–H and O–H groups in total. The van der Waals surface area contributed by atoms with Gasteiger partial charge in [-0.1, -0.05) is 41.5 Å². The number of carbonyl (C=O) groups is 1. The SMILES string of the molecule is CC1(O[Si](C)(C)C)[C@@H](O[Si](C)(C)C(C)(C)C)CC(=O)C[C@H]1O[Si](C)(C)C(C)(C)C. The molecule has 0 aliphatic heterocycles. The van der Waals surface area contributed by atoms with Gasteiger partial charge in [-0.3, -0.25) is 4.79 Å². The number of rotatable bonds is 6. The van der Waals surface area contributed by atoms with E-state index in [9.17, 15) is 4.79 Å². The second-order valence-electron chi connectivity index (χ2n) is 13.1. The number of ketones is 1. The maximum atomic E-state index is 12.8. The molecule has 4 nitrogen and oxygen atoms in total. The molecule has 0 aromatic rings. The normalized spacial score (nSPS) is 28.0. The van der Waals surface area contributed by atoms with E-state index in [1.54, 1.807) is 0 Å². The van der Waals surface area contributed by atoms with E-state index in [-0.39, 0.29) is 28.1 Å². The Hall–Kier alpha value is 0.201. The van der Waals surface area contributed by atoms with Crippen LogP contribution >= 0.6 is 0 Å². The summed E-state index contributed by atoms with van der Waals surface area (Å²) in [7, 11) is -6.05. The molecule has 0 spiro atoms. The fraction of sp³-hybridized carbons (Fsp3) is 0.955. The van der Waals surface area contributed by atoms with Gasteiger partial charge in [0.1, 0.15) is 11.4 Å². The van der Waals surface area contributed by atoms with E-state index >= 15 is 0 Å². The van der Waals surface area contributed by atoms with Gasteiger partial charge in [0.15, 0.2) is 25.0 Å². The molecule has 1 rings (SSSR count). The summed E-state index contributed by atoms with van der Waals surface area (Å²) in [6.45, 7) is 31.2. The summed E-state index contributed by atoms with van der Waals surface area (Å²) in [6.07, 6.45) is 0.327. The Bertz CT molecular complexity index is 555. The van der Waals surface area contributed by atoms with Crippen molar-refractivity contribution in [1.29, 1.82) is 0 Å². The average Bonchev–Trinajstić information content (AvgIpc) is 2.39. The Kier molecular flexibility index (Phi) is 7.78. The van der Waals surface area contributed by atoms with Gasteiger partial charge in [-0.25, -0.2) is 0 Å². The molecule has 0 aromatic heterocycles. The Morgan fingerprint density at radius 2 is 1.07 bits per heavy atom. The second kappa shape index (κ2) is 8.28. The van der Waals surface area contributed by atoms with Gasteiger partial charge >= 0.3 is 0 Å². The summed E-state index contributed by atoms with van der Waals surface area (Å²) in [6, 6.07) is 0. The molecule has 1 fully saturated rings. The zero-order chi connectivity index (χ0) is 23.3. The van der Waals surface area contributed by atoms with Crippen molar-refractivity contribution in [3.63, 3.8) is 0 Å². The minimum absolute atomic E-state index is 0.0728. The third-order valence-corrected chi connectivity index (χ3v) is 17.1. The number of Topliss-reactive ketones (excluding diaryl/α,β-unsaturated/α-hetero) is 1. The van der Waals surface area contributed by atoms with Crippen LogP contribution in [0, 0.1) is 0 Å². The average molecular weight is 461 g/mol. The van der Waals surface area contributed by atoms with Crippen LogP contribution in [0.15, 0.2) is 0 Å². The van der Waals surface area contributed by atoms with Crippen LogP contribution in [0.4, 0.5) is 0 Å². The van der Waals surface area contributed by atoms with E-state index in [1.165, 1.54) is 0 Å². The summed E-state index contributed by atoms with van der Waals surface area (Å²) in [5.41, 5.74) is -0.608. The predicted octanol–water partition coefficient (Wildman–Crippen LogP) is 6.74. The molecule has 3 atom stereocenters. The Morgan fingerprint density at radius 1 is 0.759 bits per heavy atom. The van der Waals surface area contributed by atoms with Crippen molar-refractivity contribution in [2.24, 2.45) is 0 Å². The first-order valence-corrected chi connectivity index (χ1v) is 20.3. The van der Waals surface area contributed by atoms with Crippen LogP contribution in [0.2, 0.25) is 55.9 Å². The van der Waals surface area contributed by atoms with Crippen LogP contribution < -0.4 is 0 Å². The molecule has 29 heavy (non-hydrogen) atoms. The molecule has 0 amide bonds. The summed E-state index contributed by atoms with van der Waals surface area (Å²) in [5.74, 6) is 0.231. The summed E-state index contributed by atoms with van der Waals surface area (Å²) in [4.78, 5) is 12.8. The molecular formula is C22H48O4Si3.